The van der Waals surface area contributed by atoms with Crippen molar-refractivity contribution in [3.05, 3.63) is 131 Å². The fraction of sp³-hybridized carbons (Fsp3) is 0.156. The molecule has 2 aromatic heterocycles. The van der Waals surface area contributed by atoms with Gasteiger partial charge in [-0.3, -0.25) is 14.8 Å². The van der Waals surface area contributed by atoms with Crippen LogP contribution in [0.1, 0.15) is 39.6 Å². The molecule has 0 spiro atoms. The maximum atomic E-state index is 13.3. The van der Waals surface area contributed by atoms with Crippen LogP contribution in [0.4, 0.5) is 0 Å². The fourth-order valence-corrected chi connectivity index (χ4v) is 4.76. The Bertz CT molecular complexity index is 1540. The Kier molecular flexibility index (Phi) is 6.59. The summed E-state index contributed by atoms with van der Waals surface area (Å²) in [5, 5.41) is 4.30. The minimum atomic E-state index is -0.207. The van der Waals surface area contributed by atoms with Crippen LogP contribution in [0.3, 0.4) is 0 Å². The maximum Gasteiger partial charge on any atom is 0.225 e. The number of amides is 1. The van der Waals surface area contributed by atoms with E-state index in [2.05, 4.69) is 77.7 Å². The second-order valence-electron chi connectivity index (χ2n) is 9.34. The van der Waals surface area contributed by atoms with Crippen LogP contribution in [0.15, 0.2) is 97.3 Å². The highest BCUT2D eigenvalue weighted by Crippen LogP contribution is 2.27. The molecule has 1 atom stereocenters. The quantitative estimate of drug-likeness (QED) is 0.301. The highest BCUT2D eigenvalue weighted by atomic mass is 16.1. The number of nitrogens with zero attached hydrogens (tertiary/aromatic N) is 2. The van der Waals surface area contributed by atoms with Crippen molar-refractivity contribution in [3.8, 4) is 11.1 Å². The van der Waals surface area contributed by atoms with Gasteiger partial charge in [0.25, 0.3) is 0 Å². The largest absolute Gasteiger partial charge is 0.345 e. The van der Waals surface area contributed by atoms with E-state index in [0.717, 1.165) is 44.4 Å². The second kappa shape index (κ2) is 10.1. The minimum Gasteiger partial charge on any atom is -0.345 e. The van der Waals surface area contributed by atoms with Gasteiger partial charge in [-0.1, -0.05) is 66.2 Å². The summed E-state index contributed by atoms with van der Waals surface area (Å²) in [6, 6.07) is 28.5. The van der Waals surface area contributed by atoms with E-state index in [4.69, 9.17) is 0 Å². The number of carbonyl (C=O) groups is 1. The lowest BCUT2D eigenvalue weighted by Gasteiger charge is -2.22. The Morgan fingerprint density at radius 3 is 2.47 bits per heavy atom. The first kappa shape index (κ1) is 23.4. The number of fused-ring (bicyclic) bond motifs is 1. The molecule has 0 fully saturated rings. The minimum absolute atomic E-state index is 0.0182. The summed E-state index contributed by atoms with van der Waals surface area (Å²) >= 11 is 0. The van der Waals surface area contributed by atoms with E-state index in [1.807, 2.05) is 49.5 Å². The van der Waals surface area contributed by atoms with Crippen LogP contribution in [-0.4, -0.2) is 15.9 Å². The molecule has 0 saturated carbocycles. The van der Waals surface area contributed by atoms with Gasteiger partial charge in [0.2, 0.25) is 5.91 Å². The zero-order valence-electron chi connectivity index (χ0n) is 20.8. The number of nitrogens with one attached hydrogen (secondary N) is 1. The van der Waals surface area contributed by atoms with Gasteiger partial charge in [-0.25, -0.2) is 0 Å². The molecule has 0 bridgehead atoms. The normalized spacial score (nSPS) is 11.9. The lowest BCUT2D eigenvalue weighted by atomic mass is 9.93. The van der Waals surface area contributed by atoms with Gasteiger partial charge >= 0.3 is 0 Å². The average Bonchev–Trinajstić information content (AvgIpc) is 2.88. The van der Waals surface area contributed by atoms with E-state index in [9.17, 15) is 4.79 Å². The zero-order valence-corrected chi connectivity index (χ0v) is 20.8. The van der Waals surface area contributed by atoms with E-state index in [1.165, 1.54) is 11.1 Å². The molecule has 1 N–H and O–H groups in total. The fourth-order valence-electron chi connectivity index (χ4n) is 4.76. The van der Waals surface area contributed by atoms with E-state index in [-0.39, 0.29) is 11.9 Å². The molecule has 1 unspecified atom stereocenters. The smallest absolute Gasteiger partial charge is 0.225 e. The van der Waals surface area contributed by atoms with Crippen LogP contribution in [0, 0.1) is 20.8 Å². The van der Waals surface area contributed by atoms with Crippen LogP contribution < -0.4 is 5.32 Å². The van der Waals surface area contributed by atoms with Crippen LogP contribution >= 0.6 is 0 Å². The second-order valence-corrected chi connectivity index (χ2v) is 9.34. The Morgan fingerprint density at radius 2 is 1.69 bits per heavy atom. The topological polar surface area (TPSA) is 54.9 Å². The van der Waals surface area contributed by atoms with Crippen molar-refractivity contribution in [2.24, 2.45) is 0 Å². The van der Waals surface area contributed by atoms with E-state index in [0.29, 0.717) is 6.42 Å². The molecule has 4 nitrogen and oxygen atoms in total. The van der Waals surface area contributed by atoms with Gasteiger partial charge in [0.05, 0.1) is 18.0 Å². The number of carbonyl (C=O) groups excluding carboxylic acids is 1. The van der Waals surface area contributed by atoms with Crippen LogP contribution in [0.2, 0.25) is 0 Å². The maximum absolute atomic E-state index is 13.3. The molecule has 1 amide bonds. The van der Waals surface area contributed by atoms with E-state index in [1.54, 1.807) is 6.20 Å². The Balaban J connectivity index is 1.41. The summed E-state index contributed by atoms with van der Waals surface area (Å²) in [5.41, 5.74) is 9.46. The number of pyridine rings is 2. The number of rotatable bonds is 6. The molecule has 2 heterocycles. The summed E-state index contributed by atoms with van der Waals surface area (Å²) in [5.74, 6) is -0.0182. The van der Waals surface area contributed by atoms with Crippen molar-refractivity contribution in [2.75, 3.05) is 0 Å². The predicted molar refractivity (Wildman–Crippen MR) is 146 cm³/mol. The highest BCUT2D eigenvalue weighted by Gasteiger charge is 2.19. The van der Waals surface area contributed by atoms with Crippen molar-refractivity contribution in [2.45, 2.75) is 33.2 Å². The van der Waals surface area contributed by atoms with Crippen molar-refractivity contribution >= 4 is 16.8 Å². The Morgan fingerprint density at radius 1 is 0.861 bits per heavy atom. The number of hydrogen-bond donors (Lipinski definition) is 1. The van der Waals surface area contributed by atoms with Gasteiger partial charge in [-0.15, -0.1) is 0 Å². The molecule has 0 aliphatic carbocycles. The number of benzene rings is 3. The first-order chi connectivity index (χ1) is 17.5. The van der Waals surface area contributed by atoms with Gasteiger partial charge in [-0.2, -0.15) is 0 Å². The molecule has 4 heteroatoms. The summed E-state index contributed by atoms with van der Waals surface area (Å²) in [6.45, 7) is 6.18. The lowest BCUT2D eigenvalue weighted by molar-refractivity contribution is -0.120. The van der Waals surface area contributed by atoms with Crippen molar-refractivity contribution in [1.82, 2.24) is 15.3 Å². The first-order valence-electron chi connectivity index (χ1n) is 12.2. The molecule has 178 valence electrons. The standard InChI is InChI=1S/C32H29N3O/c1-21-11-13-28(22(2)16-21)32(25-8-5-4-6-9-25)35-31(36)18-24-12-14-30-26(17-24)19-27(20-34-30)29-10-7-15-33-23(29)3/h4-17,19-20,32H,18H2,1-3H3,(H,35,36). The SMILES string of the molecule is Cc1ccc(C(NC(=O)Cc2ccc3ncc(-c4cccnc4C)cc3c2)c2ccccc2)c(C)c1. The summed E-state index contributed by atoms with van der Waals surface area (Å²) in [7, 11) is 0. The Hall–Kier alpha value is -4.31. The molecule has 0 radical (unpaired) electrons. The van der Waals surface area contributed by atoms with Crippen molar-refractivity contribution < 1.29 is 4.79 Å². The summed E-state index contributed by atoms with van der Waals surface area (Å²) in [4.78, 5) is 22.3. The van der Waals surface area contributed by atoms with Gasteiger partial charge in [0.15, 0.2) is 0 Å². The van der Waals surface area contributed by atoms with E-state index < -0.39 is 0 Å². The monoisotopic (exact) mass is 471 g/mol. The predicted octanol–water partition coefficient (Wildman–Crippen LogP) is 6.67. The molecule has 0 aliphatic heterocycles. The average molecular weight is 472 g/mol. The molecule has 5 rings (SSSR count). The Labute approximate surface area is 212 Å². The number of aryl methyl sites for hydroxylation is 3. The highest BCUT2D eigenvalue weighted by molar-refractivity contribution is 5.86. The van der Waals surface area contributed by atoms with Crippen molar-refractivity contribution in [3.63, 3.8) is 0 Å². The number of aromatic nitrogens is 2. The molecule has 5 aromatic rings. The van der Waals surface area contributed by atoms with Gasteiger partial charge in [0.1, 0.15) is 0 Å². The third-order valence-corrected chi connectivity index (χ3v) is 6.60. The summed E-state index contributed by atoms with van der Waals surface area (Å²) < 4.78 is 0. The third-order valence-electron chi connectivity index (χ3n) is 6.60. The van der Waals surface area contributed by atoms with Crippen LogP contribution in [-0.2, 0) is 11.2 Å². The van der Waals surface area contributed by atoms with Gasteiger partial charge in [-0.05, 0) is 67.3 Å². The van der Waals surface area contributed by atoms with Crippen molar-refractivity contribution in [1.29, 1.82) is 0 Å². The van der Waals surface area contributed by atoms with E-state index >= 15 is 0 Å². The molecule has 3 aromatic carbocycles. The molecule has 0 saturated heterocycles. The number of hydrogen-bond acceptors (Lipinski definition) is 3. The van der Waals surface area contributed by atoms with Crippen LogP contribution in [0.25, 0.3) is 22.0 Å². The molecule has 0 aliphatic rings. The lowest BCUT2D eigenvalue weighted by Crippen LogP contribution is -2.31. The summed E-state index contributed by atoms with van der Waals surface area (Å²) in [6.07, 6.45) is 3.97. The molecular formula is C32H29N3O. The van der Waals surface area contributed by atoms with Gasteiger partial charge < -0.3 is 5.32 Å². The zero-order chi connectivity index (χ0) is 25.1. The van der Waals surface area contributed by atoms with Gasteiger partial charge in [0, 0.05) is 34.6 Å². The first-order valence-corrected chi connectivity index (χ1v) is 12.2. The molecule has 36 heavy (non-hydrogen) atoms. The van der Waals surface area contributed by atoms with Crippen LogP contribution in [0.5, 0.6) is 0 Å². The molecular weight excluding hydrogens is 442 g/mol. The third kappa shape index (κ3) is 5.03.